The molecule has 2 heterocycles. The van der Waals surface area contributed by atoms with Gasteiger partial charge in [-0.25, -0.2) is 4.52 Å². The van der Waals surface area contributed by atoms with Gasteiger partial charge in [0.15, 0.2) is 0 Å². The number of fused-ring (bicyclic) bond motifs is 1. The van der Waals surface area contributed by atoms with Gasteiger partial charge >= 0.3 is 0 Å². The fourth-order valence-electron chi connectivity index (χ4n) is 2.15. The van der Waals surface area contributed by atoms with Crippen molar-refractivity contribution in [3.8, 4) is 6.07 Å². The minimum Gasteiger partial charge on any atom is -0.381 e. The van der Waals surface area contributed by atoms with Gasteiger partial charge in [-0.3, -0.25) is 0 Å². The van der Waals surface area contributed by atoms with Crippen molar-refractivity contribution in [1.29, 1.82) is 5.26 Å². The van der Waals surface area contributed by atoms with E-state index in [0.29, 0.717) is 6.42 Å². The van der Waals surface area contributed by atoms with Crippen molar-refractivity contribution in [1.82, 2.24) is 9.61 Å². The SMILES string of the molecule is N#CCc1ccc(NCc2cnn3ccccc23)cc1. The smallest absolute Gasteiger partial charge is 0.0711 e. The molecule has 0 spiro atoms. The Bertz CT molecular complexity index is 750. The first-order valence-corrected chi connectivity index (χ1v) is 6.48. The molecule has 0 aliphatic carbocycles. The predicted molar refractivity (Wildman–Crippen MR) is 78.3 cm³/mol. The van der Waals surface area contributed by atoms with Crippen molar-refractivity contribution in [3.05, 3.63) is 66.0 Å². The summed E-state index contributed by atoms with van der Waals surface area (Å²) < 4.78 is 1.87. The van der Waals surface area contributed by atoms with Crippen LogP contribution in [-0.4, -0.2) is 9.61 Å². The minimum atomic E-state index is 0.453. The zero-order valence-electron chi connectivity index (χ0n) is 11.0. The number of aromatic nitrogens is 2. The highest BCUT2D eigenvalue weighted by Gasteiger charge is 2.02. The van der Waals surface area contributed by atoms with E-state index in [4.69, 9.17) is 5.26 Å². The van der Waals surface area contributed by atoms with Crippen molar-refractivity contribution >= 4 is 11.2 Å². The molecule has 3 rings (SSSR count). The van der Waals surface area contributed by atoms with E-state index in [0.717, 1.165) is 28.9 Å². The van der Waals surface area contributed by atoms with Gasteiger partial charge in [0.1, 0.15) is 0 Å². The first kappa shape index (κ1) is 12.2. The number of nitriles is 1. The number of hydrogen-bond acceptors (Lipinski definition) is 3. The molecular weight excluding hydrogens is 248 g/mol. The Balaban J connectivity index is 1.71. The molecule has 0 radical (unpaired) electrons. The number of pyridine rings is 1. The number of nitrogens with zero attached hydrogens (tertiary/aromatic N) is 3. The van der Waals surface area contributed by atoms with Crippen LogP contribution in [0.15, 0.2) is 54.9 Å². The van der Waals surface area contributed by atoms with E-state index in [1.807, 2.05) is 53.3 Å². The molecule has 3 aromatic rings. The normalized spacial score (nSPS) is 10.3. The van der Waals surface area contributed by atoms with Crippen molar-refractivity contribution in [2.45, 2.75) is 13.0 Å². The van der Waals surface area contributed by atoms with Crippen molar-refractivity contribution in [3.63, 3.8) is 0 Å². The van der Waals surface area contributed by atoms with Gasteiger partial charge in [0.2, 0.25) is 0 Å². The van der Waals surface area contributed by atoms with E-state index in [1.165, 1.54) is 0 Å². The molecule has 0 saturated heterocycles. The fourth-order valence-corrected chi connectivity index (χ4v) is 2.15. The van der Waals surface area contributed by atoms with Gasteiger partial charge in [0, 0.05) is 24.0 Å². The summed E-state index contributed by atoms with van der Waals surface area (Å²) in [5, 5.41) is 16.3. The Morgan fingerprint density at radius 1 is 1.15 bits per heavy atom. The highest BCUT2D eigenvalue weighted by Crippen LogP contribution is 2.14. The zero-order valence-corrected chi connectivity index (χ0v) is 11.0. The van der Waals surface area contributed by atoms with Crippen molar-refractivity contribution in [2.24, 2.45) is 0 Å². The molecule has 0 unspecified atom stereocenters. The lowest BCUT2D eigenvalue weighted by Crippen LogP contribution is -1.99. The fraction of sp³-hybridized carbons (Fsp3) is 0.125. The maximum Gasteiger partial charge on any atom is 0.0711 e. The van der Waals surface area contributed by atoms with Gasteiger partial charge in [0.25, 0.3) is 0 Å². The number of hydrogen-bond donors (Lipinski definition) is 1. The van der Waals surface area contributed by atoms with Crippen LogP contribution in [0.2, 0.25) is 0 Å². The van der Waals surface area contributed by atoms with Crippen LogP contribution >= 0.6 is 0 Å². The maximum atomic E-state index is 8.64. The van der Waals surface area contributed by atoms with Crippen LogP contribution in [0.3, 0.4) is 0 Å². The number of benzene rings is 1. The summed E-state index contributed by atoms with van der Waals surface area (Å²) in [7, 11) is 0. The number of nitrogens with one attached hydrogen (secondary N) is 1. The molecule has 4 nitrogen and oxygen atoms in total. The number of anilines is 1. The second-order valence-corrected chi connectivity index (χ2v) is 4.59. The monoisotopic (exact) mass is 262 g/mol. The second-order valence-electron chi connectivity index (χ2n) is 4.59. The predicted octanol–water partition coefficient (Wildman–Crippen LogP) is 3.01. The first-order valence-electron chi connectivity index (χ1n) is 6.48. The summed E-state index contributed by atoms with van der Waals surface area (Å²) in [5.74, 6) is 0. The van der Waals surface area contributed by atoms with E-state index in [9.17, 15) is 0 Å². The van der Waals surface area contributed by atoms with E-state index in [2.05, 4.69) is 22.6 Å². The largest absolute Gasteiger partial charge is 0.381 e. The second kappa shape index (κ2) is 5.45. The van der Waals surface area contributed by atoms with Crippen LogP contribution in [0.1, 0.15) is 11.1 Å². The van der Waals surface area contributed by atoms with Crippen LogP contribution in [0.25, 0.3) is 5.52 Å². The Labute approximate surface area is 117 Å². The third-order valence-electron chi connectivity index (χ3n) is 3.23. The zero-order chi connectivity index (χ0) is 13.8. The topological polar surface area (TPSA) is 53.1 Å². The van der Waals surface area contributed by atoms with Crippen LogP contribution in [-0.2, 0) is 13.0 Å². The van der Waals surface area contributed by atoms with Gasteiger partial charge in [-0.15, -0.1) is 0 Å². The third kappa shape index (κ3) is 2.47. The Morgan fingerprint density at radius 3 is 2.80 bits per heavy atom. The molecule has 4 heteroatoms. The quantitative estimate of drug-likeness (QED) is 0.786. The molecule has 0 fully saturated rings. The number of rotatable bonds is 4. The summed E-state index contributed by atoms with van der Waals surface area (Å²) in [4.78, 5) is 0. The van der Waals surface area contributed by atoms with E-state index in [1.54, 1.807) is 0 Å². The Morgan fingerprint density at radius 2 is 2.00 bits per heavy atom. The van der Waals surface area contributed by atoms with Crippen molar-refractivity contribution in [2.75, 3.05) is 5.32 Å². The lowest BCUT2D eigenvalue weighted by Gasteiger charge is -2.06. The van der Waals surface area contributed by atoms with E-state index >= 15 is 0 Å². The standard InChI is InChI=1S/C16H14N4/c17-9-8-13-4-6-15(7-5-13)18-11-14-12-19-20-10-2-1-3-16(14)20/h1-7,10,12,18H,8,11H2. The molecule has 0 saturated carbocycles. The van der Waals surface area contributed by atoms with Crippen LogP contribution in [0, 0.1) is 11.3 Å². The minimum absolute atomic E-state index is 0.453. The van der Waals surface area contributed by atoms with Crippen LogP contribution < -0.4 is 5.32 Å². The van der Waals surface area contributed by atoms with Gasteiger partial charge in [-0.2, -0.15) is 10.4 Å². The molecule has 0 aliphatic rings. The molecule has 1 N–H and O–H groups in total. The molecule has 20 heavy (non-hydrogen) atoms. The van der Waals surface area contributed by atoms with Gasteiger partial charge in [0.05, 0.1) is 24.2 Å². The summed E-state index contributed by atoms with van der Waals surface area (Å²) >= 11 is 0. The van der Waals surface area contributed by atoms with Crippen LogP contribution in [0.5, 0.6) is 0 Å². The average Bonchev–Trinajstić information content (AvgIpc) is 2.90. The highest BCUT2D eigenvalue weighted by molar-refractivity contribution is 5.55. The summed E-state index contributed by atoms with van der Waals surface area (Å²) in [5.41, 5.74) is 4.35. The molecule has 1 aromatic carbocycles. The molecule has 2 aromatic heterocycles. The molecule has 0 aliphatic heterocycles. The summed E-state index contributed by atoms with van der Waals surface area (Å²) in [6.07, 6.45) is 4.27. The molecule has 0 bridgehead atoms. The first-order chi connectivity index (χ1) is 9.86. The summed E-state index contributed by atoms with van der Waals surface area (Å²) in [6, 6.07) is 16.1. The molecule has 98 valence electrons. The van der Waals surface area contributed by atoms with Crippen molar-refractivity contribution < 1.29 is 0 Å². The van der Waals surface area contributed by atoms with E-state index < -0.39 is 0 Å². The van der Waals surface area contributed by atoms with Crippen LogP contribution in [0.4, 0.5) is 5.69 Å². The average molecular weight is 262 g/mol. The molecule has 0 atom stereocenters. The lowest BCUT2D eigenvalue weighted by atomic mass is 10.1. The maximum absolute atomic E-state index is 8.64. The van der Waals surface area contributed by atoms with Gasteiger partial charge in [-0.05, 0) is 29.8 Å². The van der Waals surface area contributed by atoms with Gasteiger partial charge < -0.3 is 5.32 Å². The highest BCUT2D eigenvalue weighted by atomic mass is 15.2. The summed E-state index contributed by atoms with van der Waals surface area (Å²) in [6.45, 7) is 0.727. The molecular formula is C16H14N4. The molecule has 0 amide bonds. The third-order valence-corrected chi connectivity index (χ3v) is 3.23. The van der Waals surface area contributed by atoms with Gasteiger partial charge in [-0.1, -0.05) is 18.2 Å². The Kier molecular flexibility index (Phi) is 3.34. The Hall–Kier alpha value is -2.80. The lowest BCUT2D eigenvalue weighted by molar-refractivity contribution is 0.961. The van der Waals surface area contributed by atoms with E-state index in [-0.39, 0.29) is 0 Å².